The molecule has 0 saturated carbocycles. The SMILES string of the molecule is CCn1ncc(Cl)c1C(N)c1ccnn1C. The van der Waals surface area contributed by atoms with Gasteiger partial charge in [-0.15, -0.1) is 0 Å². The molecule has 5 nitrogen and oxygen atoms in total. The number of hydrogen-bond donors (Lipinski definition) is 1. The van der Waals surface area contributed by atoms with Crippen molar-refractivity contribution < 1.29 is 0 Å². The Labute approximate surface area is 98.8 Å². The average Bonchev–Trinajstić information content (AvgIpc) is 2.83. The first-order valence-corrected chi connectivity index (χ1v) is 5.47. The Morgan fingerprint density at radius 1 is 1.50 bits per heavy atom. The van der Waals surface area contributed by atoms with Crippen molar-refractivity contribution in [1.29, 1.82) is 0 Å². The monoisotopic (exact) mass is 239 g/mol. The molecule has 0 aliphatic heterocycles. The van der Waals surface area contributed by atoms with Crippen LogP contribution in [0.2, 0.25) is 5.02 Å². The van der Waals surface area contributed by atoms with Crippen molar-refractivity contribution in [3.8, 4) is 0 Å². The van der Waals surface area contributed by atoms with E-state index in [1.54, 1.807) is 21.8 Å². The first-order valence-electron chi connectivity index (χ1n) is 5.09. The smallest absolute Gasteiger partial charge is 0.0908 e. The fraction of sp³-hybridized carbons (Fsp3) is 0.400. The van der Waals surface area contributed by atoms with Crippen molar-refractivity contribution in [3.05, 3.63) is 34.9 Å². The van der Waals surface area contributed by atoms with E-state index in [0.29, 0.717) is 5.02 Å². The zero-order valence-corrected chi connectivity index (χ0v) is 10.0. The van der Waals surface area contributed by atoms with Crippen LogP contribution in [-0.2, 0) is 13.6 Å². The number of halogens is 1. The maximum Gasteiger partial charge on any atom is 0.0908 e. The minimum Gasteiger partial charge on any atom is -0.318 e. The minimum atomic E-state index is -0.303. The van der Waals surface area contributed by atoms with Gasteiger partial charge >= 0.3 is 0 Å². The summed E-state index contributed by atoms with van der Waals surface area (Å²) in [7, 11) is 1.86. The highest BCUT2D eigenvalue weighted by molar-refractivity contribution is 6.31. The molecule has 2 heterocycles. The van der Waals surface area contributed by atoms with Crippen LogP contribution in [0.1, 0.15) is 24.4 Å². The van der Waals surface area contributed by atoms with E-state index < -0.39 is 0 Å². The van der Waals surface area contributed by atoms with Gasteiger partial charge in [0.15, 0.2) is 0 Å². The van der Waals surface area contributed by atoms with Gasteiger partial charge in [0.1, 0.15) is 0 Å². The van der Waals surface area contributed by atoms with Crippen molar-refractivity contribution in [2.45, 2.75) is 19.5 Å². The average molecular weight is 240 g/mol. The van der Waals surface area contributed by atoms with Crippen LogP contribution < -0.4 is 5.73 Å². The number of aromatic nitrogens is 4. The summed E-state index contributed by atoms with van der Waals surface area (Å²) in [5.74, 6) is 0. The molecule has 2 aromatic heterocycles. The summed E-state index contributed by atoms with van der Waals surface area (Å²) in [5.41, 5.74) is 7.92. The lowest BCUT2D eigenvalue weighted by atomic mass is 10.1. The van der Waals surface area contributed by atoms with Crippen LogP contribution >= 0.6 is 11.6 Å². The molecule has 0 aromatic carbocycles. The molecule has 0 spiro atoms. The molecule has 2 aromatic rings. The predicted molar refractivity (Wildman–Crippen MR) is 62.1 cm³/mol. The third-order valence-corrected chi connectivity index (χ3v) is 2.90. The topological polar surface area (TPSA) is 61.7 Å². The van der Waals surface area contributed by atoms with Gasteiger partial charge in [0.2, 0.25) is 0 Å². The van der Waals surface area contributed by atoms with Gasteiger partial charge in [0, 0.05) is 19.8 Å². The van der Waals surface area contributed by atoms with Crippen LogP contribution in [0.15, 0.2) is 18.5 Å². The highest BCUT2D eigenvalue weighted by Crippen LogP contribution is 2.25. The van der Waals surface area contributed by atoms with Gasteiger partial charge in [-0.2, -0.15) is 10.2 Å². The van der Waals surface area contributed by atoms with Gasteiger partial charge in [-0.3, -0.25) is 9.36 Å². The summed E-state index contributed by atoms with van der Waals surface area (Å²) < 4.78 is 3.55. The molecule has 1 atom stereocenters. The predicted octanol–water partition coefficient (Wildman–Crippen LogP) is 1.34. The third-order valence-electron chi connectivity index (χ3n) is 2.60. The van der Waals surface area contributed by atoms with E-state index in [0.717, 1.165) is 17.9 Å². The molecule has 0 saturated heterocycles. The quantitative estimate of drug-likeness (QED) is 0.879. The summed E-state index contributed by atoms with van der Waals surface area (Å²) in [6.45, 7) is 2.75. The van der Waals surface area contributed by atoms with E-state index in [-0.39, 0.29) is 6.04 Å². The lowest BCUT2D eigenvalue weighted by Gasteiger charge is -2.14. The molecule has 0 radical (unpaired) electrons. The van der Waals surface area contributed by atoms with Crippen molar-refractivity contribution >= 4 is 11.6 Å². The normalized spacial score (nSPS) is 13.0. The molecule has 0 fully saturated rings. The van der Waals surface area contributed by atoms with Crippen LogP contribution in [0.3, 0.4) is 0 Å². The molecule has 0 bridgehead atoms. The van der Waals surface area contributed by atoms with Gasteiger partial charge in [-0.1, -0.05) is 11.6 Å². The molecule has 1 unspecified atom stereocenters. The fourth-order valence-electron chi connectivity index (χ4n) is 1.76. The molecule has 6 heteroatoms. The number of aryl methyl sites for hydroxylation is 2. The van der Waals surface area contributed by atoms with E-state index in [4.69, 9.17) is 17.3 Å². The van der Waals surface area contributed by atoms with Gasteiger partial charge < -0.3 is 5.73 Å². The second-order valence-electron chi connectivity index (χ2n) is 3.55. The highest BCUT2D eigenvalue weighted by atomic mass is 35.5. The van der Waals surface area contributed by atoms with Gasteiger partial charge in [-0.05, 0) is 13.0 Å². The molecule has 0 amide bonds. The molecule has 2 N–H and O–H groups in total. The van der Waals surface area contributed by atoms with E-state index >= 15 is 0 Å². The van der Waals surface area contributed by atoms with E-state index in [1.165, 1.54) is 0 Å². The van der Waals surface area contributed by atoms with Crippen molar-refractivity contribution in [2.24, 2.45) is 12.8 Å². The number of nitrogens with two attached hydrogens (primary N) is 1. The van der Waals surface area contributed by atoms with Gasteiger partial charge in [-0.25, -0.2) is 0 Å². The van der Waals surface area contributed by atoms with Crippen LogP contribution in [-0.4, -0.2) is 19.6 Å². The third kappa shape index (κ3) is 1.72. The van der Waals surface area contributed by atoms with Gasteiger partial charge in [0.05, 0.1) is 28.6 Å². The molecule has 0 aliphatic rings. The van der Waals surface area contributed by atoms with Crippen LogP contribution in [0, 0.1) is 0 Å². The van der Waals surface area contributed by atoms with Crippen LogP contribution in [0.25, 0.3) is 0 Å². The van der Waals surface area contributed by atoms with Crippen molar-refractivity contribution in [1.82, 2.24) is 19.6 Å². The standard InChI is InChI=1S/C10H14ClN5/c1-3-16-10(7(11)6-14-16)9(12)8-4-5-13-15(8)2/h4-6,9H,3,12H2,1-2H3. The Kier molecular flexibility index (Phi) is 2.98. The van der Waals surface area contributed by atoms with Crippen LogP contribution in [0.4, 0.5) is 0 Å². The van der Waals surface area contributed by atoms with Gasteiger partial charge in [0.25, 0.3) is 0 Å². The molecular formula is C10H14ClN5. The number of rotatable bonds is 3. The summed E-state index contributed by atoms with van der Waals surface area (Å²) >= 11 is 6.09. The van der Waals surface area contributed by atoms with Crippen LogP contribution in [0.5, 0.6) is 0 Å². The summed E-state index contributed by atoms with van der Waals surface area (Å²) in [5, 5.41) is 8.86. The number of hydrogen-bond acceptors (Lipinski definition) is 3. The van der Waals surface area contributed by atoms with E-state index in [1.807, 2.05) is 20.0 Å². The Morgan fingerprint density at radius 2 is 2.25 bits per heavy atom. The summed E-state index contributed by atoms with van der Waals surface area (Å²) in [6.07, 6.45) is 3.34. The molecule has 0 aliphatic carbocycles. The zero-order chi connectivity index (χ0) is 11.7. The lowest BCUT2D eigenvalue weighted by Crippen LogP contribution is -2.20. The maximum atomic E-state index is 6.18. The molecular weight excluding hydrogens is 226 g/mol. The Bertz CT molecular complexity index is 487. The molecule has 86 valence electrons. The maximum absolute atomic E-state index is 6.18. The second kappa shape index (κ2) is 4.27. The van der Waals surface area contributed by atoms with Crippen molar-refractivity contribution in [3.63, 3.8) is 0 Å². The first kappa shape index (κ1) is 11.2. The second-order valence-corrected chi connectivity index (χ2v) is 3.96. The lowest BCUT2D eigenvalue weighted by molar-refractivity contribution is 0.579. The Morgan fingerprint density at radius 3 is 2.81 bits per heavy atom. The Balaban J connectivity index is 2.44. The summed E-state index contributed by atoms with van der Waals surface area (Å²) in [4.78, 5) is 0. The Hall–Kier alpha value is -1.33. The minimum absolute atomic E-state index is 0.303. The van der Waals surface area contributed by atoms with Crippen molar-refractivity contribution in [2.75, 3.05) is 0 Å². The fourth-order valence-corrected chi connectivity index (χ4v) is 2.02. The summed E-state index contributed by atoms with van der Waals surface area (Å²) in [6, 6.07) is 1.58. The van der Waals surface area contributed by atoms with E-state index in [9.17, 15) is 0 Å². The first-order chi connectivity index (χ1) is 7.65. The highest BCUT2D eigenvalue weighted by Gasteiger charge is 2.20. The number of nitrogens with zero attached hydrogens (tertiary/aromatic N) is 4. The largest absolute Gasteiger partial charge is 0.318 e. The van der Waals surface area contributed by atoms with E-state index in [2.05, 4.69) is 10.2 Å². The molecule has 16 heavy (non-hydrogen) atoms. The molecule has 2 rings (SSSR count). The zero-order valence-electron chi connectivity index (χ0n) is 9.26.